The molecule has 1 aliphatic rings. The monoisotopic (exact) mass is 311 g/mol. The molecular weight excluding hydrogens is 294 g/mol. The summed E-state index contributed by atoms with van der Waals surface area (Å²) in [4.78, 5) is 13.8. The maximum absolute atomic E-state index is 12.4. The van der Waals surface area contributed by atoms with Crippen LogP contribution < -0.4 is 9.64 Å². The molecule has 1 aliphatic carbocycles. The van der Waals surface area contributed by atoms with Gasteiger partial charge in [0, 0.05) is 12.6 Å². The third kappa shape index (κ3) is 2.78. The van der Waals surface area contributed by atoms with Gasteiger partial charge in [-0.05, 0) is 23.8 Å². The second-order valence-corrected chi connectivity index (χ2v) is 5.16. The Balaban J connectivity index is 1.81. The first-order valence-corrected chi connectivity index (χ1v) is 7.19. The maximum atomic E-state index is 12.4. The fraction of sp³-hybridized carbons (Fsp3) is 0.167. The molecule has 0 heterocycles. The minimum atomic E-state index is -0.759. The fourth-order valence-electron chi connectivity index (χ4n) is 2.56. The highest BCUT2D eigenvalue weighted by Crippen LogP contribution is 2.35. The zero-order valence-corrected chi connectivity index (χ0v) is 12.9. The molecular formula is C18H17NO4. The number of methoxy groups -OCH3 is 1. The summed E-state index contributed by atoms with van der Waals surface area (Å²) in [7, 11) is 3.15. The van der Waals surface area contributed by atoms with Gasteiger partial charge < -0.3 is 14.6 Å². The molecule has 0 saturated carbocycles. The highest BCUT2D eigenvalue weighted by Gasteiger charge is 2.26. The van der Waals surface area contributed by atoms with E-state index >= 15 is 0 Å². The van der Waals surface area contributed by atoms with Crippen LogP contribution in [0, 0.1) is 0 Å². The Morgan fingerprint density at radius 2 is 1.83 bits per heavy atom. The average molecular weight is 311 g/mol. The van der Waals surface area contributed by atoms with Crippen LogP contribution in [0.5, 0.6) is 5.75 Å². The number of aliphatic hydroxyl groups is 1. The average Bonchev–Trinajstić information content (AvgIpc) is 2.90. The van der Waals surface area contributed by atoms with Gasteiger partial charge in [-0.3, -0.25) is 4.90 Å². The molecule has 0 spiro atoms. The minimum absolute atomic E-state index is 0.361. The van der Waals surface area contributed by atoms with Gasteiger partial charge in [-0.2, -0.15) is 0 Å². The summed E-state index contributed by atoms with van der Waals surface area (Å²) < 4.78 is 10.7. The molecule has 0 aliphatic heterocycles. The van der Waals surface area contributed by atoms with Gasteiger partial charge in [0.05, 0.1) is 12.8 Å². The van der Waals surface area contributed by atoms with Crippen molar-refractivity contribution in [1.29, 1.82) is 0 Å². The Hall–Kier alpha value is -2.79. The van der Waals surface area contributed by atoms with E-state index in [2.05, 4.69) is 0 Å². The quantitative estimate of drug-likeness (QED) is 0.944. The van der Waals surface area contributed by atoms with Gasteiger partial charge in [0.2, 0.25) is 0 Å². The predicted molar refractivity (Wildman–Crippen MR) is 87.3 cm³/mol. The number of rotatable bonds is 3. The number of carbonyl (C=O) groups is 1. The molecule has 5 nitrogen and oxygen atoms in total. The summed E-state index contributed by atoms with van der Waals surface area (Å²) >= 11 is 0. The van der Waals surface area contributed by atoms with E-state index in [1.165, 1.54) is 11.0 Å². The first-order chi connectivity index (χ1) is 11.1. The Morgan fingerprint density at radius 1 is 1.13 bits per heavy atom. The van der Waals surface area contributed by atoms with Crippen molar-refractivity contribution in [2.24, 2.45) is 0 Å². The number of para-hydroxylation sites is 2. The molecule has 2 aromatic rings. The van der Waals surface area contributed by atoms with Gasteiger partial charge >= 0.3 is 6.09 Å². The summed E-state index contributed by atoms with van der Waals surface area (Å²) in [6.45, 7) is 0. The minimum Gasteiger partial charge on any atom is -0.495 e. The zero-order valence-electron chi connectivity index (χ0n) is 12.9. The van der Waals surface area contributed by atoms with E-state index in [1.54, 1.807) is 32.4 Å². The van der Waals surface area contributed by atoms with E-state index in [0.717, 1.165) is 11.1 Å². The fourth-order valence-corrected chi connectivity index (χ4v) is 2.56. The van der Waals surface area contributed by atoms with Crippen molar-refractivity contribution in [2.75, 3.05) is 19.1 Å². The second-order valence-electron chi connectivity index (χ2n) is 5.16. The Morgan fingerprint density at radius 3 is 2.61 bits per heavy atom. The summed E-state index contributed by atoms with van der Waals surface area (Å²) in [6, 6.07) is 14.5. The lowest BCUT2D eigenvalue weighted by atomic mass is 10.1. The topological polar surface area (TPSA) is 59.0 Å². The van der Waals surface area contributed by atoms with E-state index in [4.69, 9.17) is 9.47 Å². The summed E-state index contributed by atoms with van der Waals surface area (Å²) in [6.07, 6.45) is 0.216. The second kappa shape index (κ2) is 6.14. The molecule has 0 bridgehead atoms. The molecule has 1 N–H and O–H groups in total. The molecule has 0 saturated heterocycles. The number of hydrogen-bond donors (Lipinski definition) is 1. The van der Waals surface area contributed by atoms with E-state index in [0.29, 0.717) is 17.2 Å². The number of benzene rings is 2. The van der Waals surface area contributed by atoms with Crippen molar-refractivity contribution in [3.8, 4) is 5.75 Å². The van der Waals surface area contributed by atoms with E-state index in [-0.39, 0.29) is 0 Å². The van der Waals surface area contributed by atoms with Gasteiger partial charge in [0.1, 0.15) is 17.6 Å². The van der Waals surface area contributed by atoms with Crippen LogP contribution in [0.1, 0.15) is 17.2 Å². The third-order valence-corrected chi connectivity index (χ3v) is 3.77. The van der Waals surface area contributed by atoms with Crippen LogP contribution >= 0.6 is 0 Å². The molecule has 2 aromatic carbocycles. The van der Waals surface area contributed by atoms with Gasteiger partial charge in [0.15, 0.2) is 0 Å². The number of amides is 1. The van der Waals surface area contributed by atoms with Crippen molar-refractivity contribution in [2.45, 2.75) is 6.10 Å². The van der Waals surface area contributed by atoms with Crippen LogP contribution in [-0.2, 0) is 4.74 Å². The number of anilines is 1. The van der Waals surface area contributed by atoms with Crippen molar-refractivity contribution >= 4 is 17.5 Å². The molecule has 0 radical (unpaired) electrons. The molecule has 1 amide bonds. The van der Waals surface area contributed by atoms with E-state index in [9.17, 15) is 9.90 Å². The highest BCUT2D eigenvalue weighted by molar-refractivity contribution is 5.93. The summed E-state index contributed by atoms with van der Waals surface area (Å²) in [5.41, 5.74) is 2.06. The summed E-state index contributed by atoms with van der Waals surface area (Å²) in [5.74, 6) is 0.938. The number of carbonyl (C=O) groups excluding carboxylic acids is 1. The number of hydrogen-bond acceptors (Lipinski definition) is 4. The van der Waals surface area contributed by atoms with E-state index in [1.807, 2.05) is 30.3 Å². The van der Waals surface area contributed by atoms with Crippen LogP contribution in [0.3, 0.4) is 0 Å². The Labute approximate surface area is 134 Å². The molecule has 0 fully saturated rings. The smallest absolute Gasteiger partial charge is 0.419 e. The van der Waals surface area contributed by atoms with Gasteiger partial charge in [0.25, 0.3) is 0 Å². The van der Waals surface area contributed by atoms with Crippen LogP contribution in [0.15, 0.2) is 54.6 Å². The highest BCUT2D eigenvalue weighted by atomic mass is 16.6. The van der Waals surface area contributed by atoms with Crippen molar-refractivity contribution in [3.63, 3.8) is 0 Å². The third-order valence-electron chi connectivity index (χ3n) is 3.77. The standard InChI is InChI=1S/C18H17NO4/c1-19(14-9-5-6-10-16(14)22-2)18(21)23-17-11-15(20)12-7-3-4-8-13(12)17/h3-11,15,20H,1-2H3. The number of aliphatic hydroxyl groups excluding tert-OH is 1. The first-order valence-electron chi connectivity index (χ1n) is 7.19. The van der Waals surface area contributed by atoms with Crippen LogP contribution in [0.4, 0.5) is 10.5 Å². The Kier molecular flexibility index (Phi) is 4.04. The maximum Gasteiger partial charge on any atom is 0.419 e. The number of ether oxygens (including phenoxy) is 2. The normalized spacial score (nSPS) is 15.6. The molecule has 5 heteroatoms. The van der Waals surface area contributed by atoms with Crippen molar-refractivity contribution < 1.29 is 19.4 Å². The number of nitrogens with zero attached hydrogens (tertiary/aromatic N) is 1. The molecule has 0 aromatic heterocycles. The first kappa shape index (κ1) is 15.1. The molecule has 1 unspecified atom stereocenters. The lowest BCUT2D eigenvalue weighted by Crippen LogP contribution is -2.26. The molecule has 118 valence electrons. The van der Waals surface area contributed by atoms with E-state index < -0.39 is 12.2 Å². The summed E-state index contributed by atoms with van der Waals surface area (Å²) in [5, 5.41) is 10.0. The van der Waals surface area contributed by atoms with Crippen LogP contribution in [0.25, 0.3) is 5.76 Å². The lowest BCUT2D eigenvalue weighted by Gasteiger charge is -2.19. The van der Waals surface area contributed by atoms with Gasteiger partial charge in [-0.25, -0.2) is 4.79 Å². The molecule has 23 heavy (non-hydrogen) atoms. The lowest BCUT2D eigenvalue weighted by molar-refractivity contribution is 0.199. The van der Waals surface area contributed by atoms with Crippen LogP contribution in [0.2, 0.25) is 0 Å². The van der Waals surface area contributed by atoms with Gasteiger partial charge in [-0.15, -0.1) is 0 Å². The number of fused-ring (bicyclic) bond motifs is 1. The predicted octanol–water partition coefficient (Wildman–Crippen LogP) is 3.36. The van der Waals surface area contributed by atoms with Crippen LogP contribution in [-0.4, -0.2) is 25.4 Å². The Bertz CT molecular complexity index is 769. The largest absolute Gasteiger partial charge is 0.495 e. The molecule has 1 atom stereocenters. The SMILES string of the molecule is COc1ccccc1N(C)C(=O)OC1=CC(O)c2ccccc21. The van der Waals surface area contributed by atoms with Crippen molar-refractivity contribution in [1.82, 2.24) is 0 Å². The van der Waals surface area contributed by atoms with Crippen molar-refractivity contribution in [3.05, 3.63) is 65.7 Å². The van der Waals surface area contributed by atoms with Gasteiger partial charge in [-0.1, -0.05) is 36.4 Å². The zero-order chi connectivity index (χ0) is 16.4. The molecule has 3 rings (SSSR count).